The molecular weight excluding hydrogens is 293 g/mol. The highest BCUT2D eigenvalue weighted by molar-refractivity contribution is 5.90. The van der Waals surface area contributed by atoms with E-state index in [1.54, 1.807) is 10.7 Å². The zero-order chi connectivity index (χ0) is 15.8. The lowest BCUT2D eigenvalue weighted by molar-refractivity contribution is 0.625. The standard InChI is InChI=1S/C17H18FN5/c1-11-15-16(21-13-6-2-3-7-13)19-10-20-17(15)23(22-11)14-8-4-5-12(18)9-14/h4-5,8-10,13H,2-3,6-7H2,1H3,(H,19,20,21). The molecule has 4 rings (SSSR count). The number of aryl methyl sites for hydroxylation is 1. The molecule has 0 spiro atoms. The fourth-order valence-electron chi connectivity index (χ4n) is 3.28. The van der Waals surface area contributed by atoms with Gasteiger partial charge in [0, 0.05) is 6.04 Å². The molecule has 118 valence electrons. The Bertz CT molecular complexity index is 851. The molecule has 0 atom stereocenters. The molecule has 5 nitrogen and oxygen atoms in total. The van der Waals surface area contributed by atoms with Crippen LogP contribution in [0.1, 0.15) is 31.4 Å². The van der Waals surface area contributed by atoms with Gasteiger partial charge in [0.2, 0.25) is 0 Å². The van der Waals surface area contributed by atoms with Crippen LogP contribution in [-0.2, 0) is 0 Å². The van der Waals surface area contributed by atoms with Crippen molar-refractivity contribution in [1.29, 1.82) is 0 Å². The van der Waals surface area contributed by atoms with Crippen molar-refractivity contribution in [3.63, 3.8) is 0 Å². The van der Waals surface area contributed by atoms with E-state index in [4.69, 9.17) is 0 Å². The van der Waals surface area contributed by atoms with Crippen LogP contribution in [0.25, 0.3) is 16.7 Å². The third kappa shape index (κ3) is 2.54. The van der Waals surface area contributed by atoms with Crippen molar-refractivity contribution in [2.24, 2.45) is 0 Å². The smallest absolute Gasteiger partial charge is 0.168 e. The summed E-state index contributed by atoms with van der Waals surface area (Å²) >= 11 is 0. The minimum Gasteiger partial charge on any atom is -0.367 e. The van der Waals surface area contributed by atoms with Gasteiger partial charge in [0.1, 0.15) is 18.0 Å². The average Bonchev–Trinajstić information content (AvgIpc) is 3.16. The van der Waals surface area contributed by atoms with Crippen molar-refractivity contribution in [3.8, 4) is 5.69 Å². The van der Waals surface area contributed by atoms with Crippen molar-refractivity contribution < 1.29 is 4.39 Å². The Morgan fingerprint density at radius 3 is 2.83 bits per heavy atom. The zero-order valence-electron chi connectivity index (χ0n) is 13.0. The van der Waals surface area contributed by atoms with Crippen LogP contribution in [0.4, 0.5) is 10.2 Å². The fourth-order valence-corrected chi connectivity index (χ4v) is 3.28. The summed E-state index contributed by atoms with van der Waals surface area (Å²) in [6.45, 7) is 1.93. The molecule has 1 aromatic carbocycles. The third-order valence-electron chi connectivity index (χ3n) is 4.39. The molecule has 0 saturated heterocycles. The Morgan fingerprint density at radius 1 is 1.22 bits per heavy atom. The van der Waals surface area contributed by atoms with Gasteiger partial charge in [0.05, 0.1) is 16.8 Å². The molecular formula is C17H18FN5. The third-order valence-corrected chi connectivity index (χ3v) is 4.39. The van der Waals surface area contributed by atoms with E-state index in [1.165, 1.54) is 44.1 Å². The first kappa shape index (κ1) is 14.1. The van der Waals surface area contributed by atoms with Crippen LogP contribution in [-0.4, -0.2) is 25.8 Å². The van der Waals surface area contributed by atoms with Gasteiger partial charge in [-0.15, -0.1) is 0 Å². The number of nitrogens with one attached hydrogen (secondary N) is 1. The summed E-state index contributed by atoms with van der Waals surface area (Å²) < 4.78 is 15.2. The first-order valence-electron chi connectivity index (χ1n) is 7.95. The van der Waals surface area contributed by atoms with Crippen LogP contribution in [0.2, 0.25) is 0 Å². The molecule has 0 amide bonds. The number of aromatic nitrogens is 4. The average molecular weight is 311 g/mol. The lowest BCUT2D eigenvalue weighted by Gasteiger charge is -2.13. The van der Waals surface area contributed by atoms with E-state index in [0.29, 0.717) is 17.4 Å². The van der Waals surface area contributed by atoms with Gasteiger partial charge in [0.25, 0.3) is 0 Å². The molecule has 1 aliphatic rings. The van der Waals surface area contributed by atoms with Gasteiger partial charge >= 0.3 is 0 Å². The van der Waals surface area contributed by atoms with E-state index in [1.807, 2.05) is 13.0 Å². The molecule has 1 N–H and O–H groups in total. The number of hydrogen-bond donors (Lipinski definition) is 1. The molecule has 0 bridgehead atoms. The number of fused-ring (bicyclic) bond motifs is 1. The van der Waals surface area contributed by atoms with E-state index >= 15 is 0 Å². The van der Waals surface area contributed by atoms with E-state index in [9.17, 15) is 4.39 Å². The van der Waals surface area contributed by atoms with Crippen LogP contribution in [0.3, 0.4) is 0 Å². The van der Waals surface area contributed by atoms with Crippen LogP contribution in [0.15, 0.2) is 30.6 Å². The van der Waals surface area contributed by atoms with Gasteiger partial charge in [-0.25, -0.2) is 19.0 Å². The molecule has 0 radical (unpaired) electrons. The normalized spacial score (nSPS) is 15.4. The molecule has 1 saturated carbocycles. The van der Waals surface area contributed by atoms with Crippen molar-refractivity contribution in [2.75, 3.05) is 5.32 Å². The van der Waals surface area contributed by atoms with Crippen LogP contribution < -0.4 is 5.32 Å². The number of nitrogens with zero attached hydrogens (tertiary/aromatic N) is 4. The Hall–Kier alpha value is -2.50. The number of halogens is 1. The first-order chi connectivity index (χ1) is 11.2. The maximum Gasteiger partial charge on any atom is 0.168 e. The molecule has 3 aromatic rings. The fraction of sp³-hybridized carbons (Fsp3) is 0.353. The van der Waals surface area contributed by atoms with Crippen LogP contribution in [0.5, 0.6) is 0 Å². The molecule has 2 heterocycles. The molecule has 0 unspecified atom stereocenters. The highest BCUT2D eigenvalue weighted by Gasteiger charge is 2.20. The maximum absolute atomic E-state index is 13.5. The summed E-state index contributed by atoms with van der Waals surface area (Å²) in [6, 6.07) is 6.83. The number of rotatable bonds is 3. The predicted octanol–water partition coefficient (Wildman–Crippen LogP) is 3.62. The van der Waals surface area contributed by atoms with Gasteiger partial charge in [-0.05, 0) is 38.0 Å². The monoisotopic (exact) mass is 311 g/mol. The summed E-state index contributed by atoms with van der Waals surface area (Å²) in [7, 11) is 0. The highest BCUT2D eigenvalue weighted by Crippen LogP contribution is 2.28. The summed E-state index contributed by atoms with van der Waals surface area (Å²) in [4.78, 5) is 8.78. The lowest BCUT2D eigenvalue weighted by Crippen LogP contribution is -2.15. The van der Waals surface area contributed by atoms with Gasteiger partial charge in [-0.3, -0.25) is 0 Å². The molecule has 1 aliphatic carbocycles. The van der Waals surface area contributed by atoms with E-state index in [2.05, 4.69) is 20.4 Å². The number of anilines is 1. The lowest BCUT2D eigenvalue weighted by atomic mass is 10.2. The minimum absolute atomic E-state index is 0.290. The first-order valence-corrected chi connectivity index (χ1v) is 7.95. The van der Waals surface area contributed by atoms with Crippen molar-refractivity contribution >= 4 is 16.9 Å². The molecule has 2 aromatic heterocycles. The van der Waals surface area contributed by atoms with Crippen LogP contribution in [0, 0.1) is 12.7 Å². The topological polar surface area (TPSA) is 55.6 Å². The maximum atomic E-state index is 13.5. The molecule has 0 aliphatic heterocycles. The molecule has 23 heavy (non-hydrogen) atoms. The minimum atomic E-state index is -0.290. The predicted molar refractivity (Wildman–Crippen MR) is 87.2 cm³/mol. The Balaban J connectivity index is 1.82. The molecule has 6 heteroatoms. The Kier molecular flexibility index (Phi) is 3.44. The second-order valence-corrected chi connectivity index (χ2v) is 6.02. The van der Waals surface area contributed by atoms with Crippen molar-refractivity contribution in [2.45, 2.75) is 38.6 Å². The summed E-state index contributed by atoms with van der Waals surface area (Å²) in [5.74, 6) is 0.532. The van der Waals surface area contributed by atoms with Gasteiger partial charge in [0.15, 0.2) is 5.65 Å². The second kappa shape index (κ2) is 5.61. The number of benzene rings is 1. The Morgan fingerprint density at radius 2 is 2.04 bits per heavy atom. The quantitative estimate of drug-likeness (QED) is 0.802. The van der Waals surface area contributed by atoms with Crippen LogP contribution >= 0.6 is 0 Å². The van der Waals surface area contributed by atoms with Gasteiger partial charge in [-0.1, -0.05) is 18.9 Å². The Labute approximate surface area is 133 Å². The van der Waals surface area contributed by atoms with E-state index < -0.39 is 0 Å². The molecule has 1 fully saturated rings. The van der Waals surface area contributed by atoms with E-state index in [0.717, 1.165) is 16.9 Å². The highest BCUT2D eigenvalue weighted by atomic mass is 19.1. The summed E-state index contributed by atoms with van der Waals surface area (Å²) in [5, 5.41) is 8.97. The largest absolute Gasteiger partial charge is 0.367 e. The SMILES string of the molecule is Cc1nn(-c2cccc(F)c2)c2ncnc(NC3CCCC3)c12. The van der Waals surface area contributed by atoms with Gasteiger partial charge < -0.3 is 5.32 Å². The number of hydrogen-bond acceptors (Lipinski definition) is 4. The van der Waals surface area contributed by atoms with Gasteiger partial charge in [-0.2, -0.15) is 5.10 Å². The summed E-state index contributed by atoms with van der Waals surface area (Å²) in [6.07, 6.45) is 6.39. The summed E-state index contributed by atoms with van der Waals surface area (Å²) in [5.41, 5.74) is 2.20. The van der Waals surface area contributed by atoms with E-state index in [-0.39, 0.29) is 5.82 Å². The van der Waals surface area contributed by atoms with Crippen molar-refractivity contribution in [3.05, 3.63) is 42.1 Å². The second-order valence-electron chi connectivity index (χ2n) is 6.02. The van der Waals surface area contributed by atoms with Crippen molar-refractivity contribution in [1.82, 2.24) is 19.7 Å². The zero-order valence-corrected chi connectivity index (χ0v) is 13.0.